The Balaban J connectivity index is 1.25. The number of hydrogen-bond acceptors (Lipinski definition) is 9. The molecule has 4 aromatic rings. The monoisotopic (exact) mass is 417 g/mol. The third-order valence-corrected chi connectivity index (χ3v) is 5.16. The fourth-order valence-electron chi connectivity index (χ4n) is 3.58. The number of carbonyl (C=O) groups is 1. The zero-order chi connectivity index (χ0) is 21.0. The highest BCUT2D eigenvalue weighted by Gasteiger charge is 2.27. The number of nitrogens with one attached hydrogen (secondary N) is 1. The second kappa shape index (κ2) is 8.26. The Labute approximate surface area is 177 Å². The van der Waals surface area contributed by atoms with Gasteiger partial charge in [0, 0.05) is 24.8 Å². The predicted molar refractivity (Wildman–Crippen MR) is 110 cm³/mol. The normalized spacial score (nSPS) is 16.3. The molecule has 31 heavy (non-hydrogen) atoms. The molecule has 0 spiro atoms. The Morgan fingerprint density at radius 2 is 1.90 bits per heavy atom. The molecule has 3 aromatic heterocycles. The zero-order valence-corrected chi connectivity index (χ0v) is 16.5. The molecule has 156 valence electrons. The minimum atomic E-state index is -0.141. The Bertz CT molecular complexity index is 1140. The van der Waals surface area contributed by atoms with Crippen LogP contribution in [0.3, 0.4) is 0 Å². The molecule has 1 aromatic carbocycles. The van der Waals surface area contributed by atoms with Gasteiger partial charge < -0.3 is 10.2 Å². The highest BCUT2D eigenvalue weighted by molar-refractivity contribution is 5.93. The van der Waals surface area contributed by atoms with E-state index in [-0.39, 0.29) is 11.8 Å². The van der Waals surface area contributed by atoms with Gasteiger partial charge in [-0.2, -0.15) is 5.10 Å². The van der Waals surface area contributed by atoms with E-state index in [1.807, 2.05) is 30.3 Å². The van der Waals surface area contributed by atoms with E-state index >= 15 is 0 Å². The summed E-state index contributed by atoms with van der Waals surface area (Å²) < 4.78 is 3.14. The first-order valence-electron chi connectivity index (χ1n) is 9.82. The summed E-state index contributed by atoms with van der Waals surface area (Å²) in [6.07, 6.45) is 7.79. The number of piperidine rings is 1. The smallest absolute Gasteiger partial charge is 0.229 e. The van der Waals surface area contributed by atoms with Gasteiger partial charge in [-0.1, -0.05) is 0 Å². The van der Waals surface area contributed by atoms with Gasteiger partial charge in [0.25, 0.3) is 0 Å². The number of benzene rings is 1. The summed E-state index contributed by atoms with van der Waals surface area (Å²) >= 11 is 0. The SMILES string of the molecule is O=C(Nc1ccc(-n2cnnn2)cc1)C1CCCN(c2cc(-n3cncn3)ncn2)C1. The lowest BCUT2D eigenvalue weighted by molar-refractivity contribution is -0.120. The topological polar surface area (TPSA) is 132 Å². The van der Waals surface area contributed by atoms with Gasteiger partial charge in [0.05, 0.1) is 11.6 Å². The fraction of sp³-hybridized carbons (Fsp3) is 0.263. The maximum atomic E-state index is 12.9. The van der Waals surface area contributed by atoms with Crippen molar-refractivity contribution in [1.29, 1.82) is 0 Å². The van der Waals surface area contributed by atoms with Crippen LogP contribution in [0, 0.1) is 5.92 Å². The van der Waals surface area contributed by atoms with Crippen LogP contribution in [0.15, 0.2) is 55.6 Å². The molecular formula is C19H19N11O. The lowest BCUT2D eigenvalue weighted by Gasteiger charge is -2.32. The molecule has 0 saturated carbocycles. The minimum Gasteiger partial charge on any atom is -0.356 e. The van der Waals surface area contributed by atoms with Gasteiger partial charge in [-0.25, -0.2) is 24.3 Å². The van der Waals surface area contributed by atoms with Gasteiger partial charge in [0.2, 0.25) is 5.91 Å². The highest BCUT2D eigenvalue weighted by Crippen LogP contribution is 2.24. The molecule has 1 atom stereocenters. The number of anilines is 2. The predicted octanol–water partition coefficient (Wildman–Crippen LogP) is 0.888. The second-order valence-corrected chi connectivity index (χ2v) is 7.15. The van der Waals surface area contributed by atoms with Crippen LogP contribution in [0.4, 0.5) is 11.5 Å². The number of carbonyl (C=O) groups excluding carboxylic acids is 1. The molecule has 4 heterocycles. The average molecular weight is 417 g/mol. The molecule has 1 unspecified atom stereocenters. The summed E-state index contributed by atoms with van der Waals surface area (Å²) in [6, 6.07) is 9.23. The number of rotatable bonds is 5. The first-order valence-corrected chi connectivity index (χ1v) is 9.82. The highest BCUT2D eigenvalue weighted by atomic mass is 16.1. The molecule has 1 amide bonds. The van der Waals surface area contributed by atoms with Crippen LogP contribution >= 0.6 is 0 Å². The molecule has 12 nitrogen and oxygen atoms in total. The minimum absolute atomic E-state index is 0.00886. The van der Waals surface area contributed by atoms with Crippen molar-refractivity contribution in [1.82, 2.24) is 44.9 Å². The van der Waals surface area contributed by atoms with Gasteiger partial charge in [-0.15, -0.1) is 5.10 Å². The zero-order valence-electron chi connectivity index (χ0n) is 16.5. The summed E-state index contributed by atoms with van der Waals surface area (Å²) in [5.74, 6) is 1.25. The molecular weight excluding hydrogens is 398 g/mol. The standard InChI is InChI=1S/C19H19N11O/c31-19(25-15-3-5-16(6-4-15)29-13-23-26-27-29)14-2-1-7-28(9-14)17-8-18(22-11-21-17)30-12-20-10-24-30/h3-6,8,10-14H,1-2,7,9H2,(H,25,31). The third-order valence-electron chi connectivity index (χ3n) is 5.16. The molecule has 0 bridgehead atoms. The lowest BCUT2D eigenvalue weighted by atomic mass is 9.97. The molecule has 1 fully saturated rings. The van der Waals surface area contributed by atoms with Crippen LogP contribution in [0.25, 0.3) is 11.5 Å². The maximum absolute atomic E-state index is 12.9. The fourth-order valence-corrected chi connectivity index (χ4v) is 3.58. The molecule has 5 rings (SSSR count). The van der Waals surface area contributed by atoms with Crippen LogP contribution in [-0.4, -0.2) is 63.9 Å². The summed E-state index contributed by atoms with van der Waals surface area (Å²) in [4.78, 5) is 27.6. The molecule has 12 heteroatoms. The first-order chi connectivity index (χ1) is 15.3. The Kier molecular flexibility index (Phi) is 5.01. The van der Waals surface area contributed by atoms with E-state index in [4.69, 9.17) is 0 Å². The molecule has 1 aliphatic heterocycles. The largest absolute Gasteiger partial charge is 0.356 e. The quantitative estimate of drug-likeness (QED) is 0.502. The van der Waals surface area contributed by atoms with E-state index in [2.05, 4.69) is 45.8 Å². The average Bonchev–Trinajstić information content (AvgIpc) is 3.54. The Morgan fingerprint density at radius 1 is 1.03 bits per heavy atom. The molecule has 1 N–H and O–H groups in total. The first kappa shape index (κ1) is 18.8. The van der Waals surface area contributed by atoms with E-state index in [1.54, 1.807) is 15.7 Å². The van der Waals surface area contributed by atoms with E-state index in [0.717, 1.165) is 36.6 Å². The maximum Gasteiger partial charge on any atom is 0.229 e. The van der Waals surface area contributed by atoms with Crippen LogP contribution in [0.5, 0.6) is 0 Å². The Morgan fingerprint density at radius 3 is 2.68 bits per heavy atom. The number of aromatic nitrogens is 9. The Hall–Kier alpha value is -4.22. The van der Waals surface area contributed by atoms with E-state index in [0.29, 0.717) is 12.4 Å². The van der Waals surface area contributed by atoms with Crippen molar-refractivity contribution in [2.24, 2.45) is 5.92 Å². The van der Waals surface area contributed by atoms with E-state index < -0.39 is 0 Å². The van der Waals surface area contributed by atoms with Crippen molar-refractivity contribution in [3.05, 3.63) is 55.6 Å². The molecule has 0 aliphatic carbocycles. The lowest BCUT2D eigenvalue weighted by Crippen LogP contribution is -2.41. The third kappa shape index (κ3) is 4.08. The summed E-state index contributed by atoms with van der Waals surface area (Å²) in [5.41, 5.74) is 1.55. The van der Waals surface area contributed by atoms with E-state index in [1.165, 1.54) is 19.0 Å². The summed E-state index contributed by atoms with van der Waals surface area (Å²) in [5, 5.41) is 18.2. The van der Waals surface area contributed by atoms with Crippen molar-refractivity contribution in [2.75, 3.05) is 23.3 Å². The van der Waals surface area contributed by atoms with Crippen molar-refractivity contribution in [2.45, 2.75) is 12.8 Å². The van der Waals surface area contributed by atoms with Gasteiger partial charge >= 0.3 is 0 Å². The molecule has 0 radical (unpaired) electrons. The van der Waals surface area contributed by atoms with Crippen LogP contribution < -0.4 is 10.2 Å². The van der Waals surface area contributed by atoms with Crippen molar-refractivity contribution >= 4 is 17.4 Å². The summed E-state index contributed by atoms with van der Waals surface area (Å²) in [7, 11) is 0. The van der Waals surface area contributed by atoms with Gasteiger partial charge in [-0.05, 0) is 47.5 Å². The number of hydrogen-bond donors (Lipinski definition) is 1. The number of nitrogens with zero attached hydrogens (tertiary/aromatic N) is 10. The summed E-state index contributed by atoms with van der Waals surface area (Å²) in [6.45, 7) is 1.42. The second-order valence-electron chi connectivity index (χ2n) is 7.15. The van der Waals surface area contributed by atoms with Crippen LogP contribution in [0.2, 0.25) is 0 Å². The van der Waals surface area contributed by atoms with Crippen molar-refractivity contribution in [3.8, 4) is 11.5 Å². The number of tetrazole rings is 1. The molecule has 1 aliphatic rings. The van der Waals surface area contributed by atoms with E-state index in [9.17, 15) is 4.79 Å². The van der Waals surface area contributed by atoms with Crippen LogP contribution in [-0.2, 0) is 4.79 Å². The van der Waals surface area contributed by atoms with Gasteiger partial charge in [0.1, 0.15) is 31.1 Å². The van der Waals surface area contributed by atoms with Crippen molar-refractivity contribution in [3.63, 3.8) is 0 Å². The van der Waals surface area contributed by atoms with Gasteiger partial charge in [0.15, 0.2) is 5.82 Å². The van der Waals surface area contributed by atoms with Crippen LogP contribution in [0.1, 0.15) is 12.8 Å². The number of amides is 1. The van der Waals surface area contributed by atoms with Crippen molar-refractivity contribution < 1.29 is 4.79 Å². The van der Waals surface area contributed by atoms with Gasteiger partial charge in [-0.3, -0.25) is 4.79 Å². The molecule has 1 saturated heterocycles.